The van der Waals surface area contributed by atoms with Crippen LogP contribution >= 0.6 is 0 Å². The second kappa shape index (κ2) is 7.17. The van der Waals surface area contributed by atoms with Gasteiger partial charge in [0, 0.05) is 0 Å². The zero-order valence-corrected chi connectivity index (χ0v) is 9.84. The molecule has 0 aromatic rings. The zero-order chi connectivity index (χ0) is 10.3. The standard InChI is InChI=1S/C13H26/c1-6-9-10-12(5)13(8-3)11(4)7-2/h7,11-13H,2,6,8-10H2,1,3-5H3. The highest BCUT2D eigenvalue weighted by molar-refractivity contribution is 4.83. The highest BCUT2D eigenvalue weighted by atomic mass is 14.2. The summed E-state index contributed by atoms with van der Waals surface area (Å²) in [4.78, 5) is 0. The van der Waals surface area contributed by atoms with E-state index in [9.17, 15) is 0 Å². The minimum Gasteiger partial charge on any atom is -0.103 e. The Bertz CT molecular complexity index is 126. The van der Waals surface area contributed by atoms with Gasteiger partial charge in [-0.05, 0) is 17.8 Å². The van der Waals surface area contributed by atoms with Gasteiger partial charge in [-0.1, -0.05) is 59.5 Å². The molecule has 78 valence electrons. The van der Waals surface area contributed by atoms with Crippen LogP contribution in [-0.4, -0.2) is 0 Å². The van der Waals surface area contributed by atoms with Crippen LogP contribution in [0.15, 0.2) is 12.7 Å². The number of hydrogen-bond acceptors (Lipinski definition) is 0. The van der Waals surface area contributed by atoms with E-state index >= 15 is 0 Å². The second-order valence-electron chi connectivity index (χ2n) is 4.29. The SMILES string of the molecule is C=CC(C)C(CC)C(C)CCCC. The van der Waals surface area contributed by atoms with Crippen LogP contribution in [-0.2, 0) is 0 Å². The van der Waals surface area contributed by atoms with Crippen LogP contribution in [0.2, 0.25) is 0 Å². The molecule has 0 fully saturated rings. The van der Waals surface area contributed by atoms with Crippen molar-refractivity contribution in [2.75, 3.05) is 0 Å². The molecule has 3 unspecified atom stereocenters. The van der Waals surface area contributed by atoms with E-state index < -0.39 is 0 Å². The Balaban J connectivity index is 3.97. The normalized spacial score (nSPS) is 17.8. The second-order valence-corrected chi connectivity index (χ2v) is 4.29. The van der Waals surface area contributed by atoms with Crippen molar-refractivity contribution in [3.8, 4) is 0 Å². The van der Waals surface area contributed by atoms with Crippen molar-refractivity contribution in [2.24, 2.45) is 17.8 Å². The van der Waals surface area contributed by atoms with Gasteiger partial charge in [0.1, 0.15) is 0 Å². The van der Waals surface area contributed by atoms with Gasteiger partial charge in [0.15, 0.2) is 0 Å². The summed E-state index contributed by atoms with van der Waals surface area (Å²) in [7, 11) is 0. The first-order chi connectivity index (χ1) is 6.17. The Kier molecular flexibility index (Phi) is 7.03. The van der Waals surface area contributed by atoms with E-state index in [1.54, 1.807) is 0 Å². The van der Waals surface area contributed by atoms with E-state index in [-0.39, 0.29) is 0 Å². The number of hydrogen-bond donors (Lipinski definition) is 0. The van der Waals surface area contributed by atoms with Crippen molar-refractivity contribution in [3.05, 3.63) is 12.7 Å². The zero-order valence-electron chi connectivity index (χ0n) is 9.84. The Labute approximate surface area is 84.4 Å². The Morgan fingerprint density at radius 2 is 1.85 bits per heavy atom. The molecule has 0 nitrogen and oxygen atoms in total. The van der Waals surface area contributed by atoms with Crippen LogP contribution in [0, 0.1) is 17.8 Å². The van der Waals surface area contributed by atoms with Gasteiger partial charge in [-0.25, -0.2) is 0 Å². The van der Waals surface area contributed by atoms with E-state index in [0.29, 0.717) is 5.92 Å². The average molecular weight is 182 g/mol. The fourth-order valence-corrected chi connectivity index (χ4v) is 2.21. The lowest BCUT2D eigenvalue weighted by atomic mass is 9.79. The molecule has 0 N–H and O–H groups in total. The summed E-state index contributed by atoms with van der Waals surface area (Å²) in [6, 6.07) is 0. The molecular weight excluding hydrogens is 156 g/mol. The minimum atomic E-state index is 0.678. The summed E-state index contributed by atoms with van der Waals surface area (Å²) in [6.07, 6.45) is 7.48. The van der Waals surface area contributed by atoms with E-state index in [1.807, 2.05) is 0 Å². The molecule has 0 aromatic carbocycles. The molecule has 0 aromatic heterocycles. The van der Waals surface area contributed by atoms with Crippen molar-refractivity contribution in [1.29, 1.82) is 0 Å². The molecule has 0 heterocycles. The smallest absolute Gasteiger partial charge is 0.0234 e. The van der Waals surface area contributed by atoms with Crippen molar-refractivity contribution in [1.82, 2.24) is 0 Å². The summed E-state index contributed by atoms with van der Waals surface area (Å²) in [5.41, 5.74) is 0. The quantitative estimate of drug-likeness (QED) is 0.502. The highest BCUT2D eigenvalue weighted by Crippen LogP contribution is 2.28. The van der Waals surface area contributed by atoms with Crippen LogP contribution < -0.4 is 0 Å². The Morgan fingerprint density at radius 1 is 1.23 bits per heavy atom. The molecule has 0 spiro atoms. The molecule has 0 saturated heterocycles. The van der Waals surface area contributed by atoms with Crippen molar-refractivity contribution in [3.63, 3.8) is 0 Å². The Morgan fingerprint density at radius 3 is 2.23 bits per heavy atom. The van der Waals surface area contributed by atoms with Gasteiger partial charge in [0.2, 0.25) is 0 Å². The maximum atomic E-state index is 3.89. The van der Waals surface area contributed by atoms with Gasteiger partial charge < -0.3 is 0 Å². The van der Waals surface area contributed by atoms with Crippen LogP contribution in [0.4, 0.5) is 0 Å². The number of allylic oxidation sites excluding steroid dienone is 1. The fraction of sp³-hybridized carbons (Fsp3) is 0.846. The third-order valence-electron chi connectivity index (χ3n) is 3.26. The first-order valence-corrected chi connectivity index (χ1v) is 5.79. The third kappa shape index (κ3) is 4.50. The molecule has 0 aliphatic heterocycles. The third-order valence-corrected chi connectivity index (χ3v) is 3.26. The lowest BCUT2D eigenvalue weighted by Gasteiger charge is -2.26. The first-order valence-electron chi connectivity index (χ1n) is 5.79. The minimum absolute atomic E-state index is 0.678. The van der Waals surface area contributed by atoms with E-state index in [4.69, 9.17) is 0 Å². The molecule has 0 rings (SSSR count). The topological polar surface area (TPSA) is 0 Å². The predicted octanol–water partition coefficient (Wildman–Crippen LogP) is 4.66. The molecule has 0 radical (unpaired) electrons. The van der Waals surface area contributed by atoms with Crippen molar-refractivity contribution < 1.29 is 0 Å². The Hall–Kier alpha value is -0.260. The van der Waals surface area contributed by atoms with Gasteiger partial charge in [-0.2, -0.15) is 0 Å². The molecule has 0 heteroatoms. The van der Waals surface area contributed by atoms with E-state index in [0.717, 1.165) is 11.8 Å². The molecule has 0 saturated carbocycles. The van der Waals surface area contributed by atoms with E-state index in [1.165, 1.54) is 25.7 Å². The number of rotatable bonds is 7. The van der Waals surface area contributed by atoms with Crippen LogP contribution in [0.25, 0.3) is 0 Å². The van der Waals surface area contributed by atoms with Gasteiger partial charge in [-0.3, -0.25) is 0 Å². The van der Waals surface area contributed by atoms with Crippen LogP contribution in [0.1, 0.15) is 53.4 Å². The molecule has 3 atom stereocenters. The lowest BCUT2D eigenvalue weighted by molar-refractivity contribution is 0.265. The summed E-state index contributed by atoms with van der Waals surface area (Å²) in [5, 5.41) is 0. The molecule has 0 amide bonds. The molecule has 0 bridgehead atoms. The summed E-state index contributed by atoms with van der Waals surface area (Å²) in [6.45, 7) is 13.1. The first kappa shape index (κ1) is 12.7. The fourth-order valence-electron chi connectivity index (χ4n) is 2.21. The molecule has 0 aliphatic carbocycles. The summed E-state index contributed by atoms with van der Waals surface area (Å²) in [5.74, 6) is 2.37. The van der Waals surface area contributed by atoms with Crippen molar-refractivity contribution >= 4 is 0 Å². The predicted molar refractivity (Wildman–Crippen MR) is 61.8 cm³/mol. The molecular formula is C13H26. The lowest BCUT2D eigenvalue weighted by Crippen LogP contribution is -2.17. The maximum absolute atomic E-state index is 3.89. The van der Waals surface area contributed by atoms with E-state index in [2.05, 4.69) is 40.3 Å². The largest absolute Gasteiger partial charge is 0.103 e. The van der Waals surface area contributed by atoms with Gasteiger partial charge in [0.05, 0.1) is 0 Å². The summed E-state index contributed by atoms with van der Waals surface area (Å²) >= 11 is 0. The van der Waals surface area contributed by atoms with Crippen LogP contribution in [0.5, 0.6) is 0 Å². The van der Waals surface area contributed by atoms with Crippen molar-refractivity contribution in [2.45, 2.75) is 53.4 Å². The maximum Gasteiger partial charge on any atom is -0.0234 e. The van der Waals surface area contributed by atoms with Gasteiger partial charge >= 0.3 is 0 Å². The monoisotopic (exact) mass is 182 g/mol. The molecule has 0 aliphatic rings. The highest BCUT2D eigenvalue weighted by Gasteiger charge is 2.18. The van der Waals surface area contributed by atoms with Gasteiger partial charge in [0.25, 0.3) is 0 Å². The van der Waals surface area contributed by atoms with Crippen LogP contribution in [0.3, 0.4) is 0 Å². The average Bonchev–Trinajstić information content (AvgIpc) is 2.15. The van der Waals surface area contributed by atoms with Gasteiger partial charge in [-0.15, -0.1) is 6.58 Å². The molecule has 13 heavy (non-hydrogen) atoms. The number of unbranched alkanes of at least 4 members (excludes halogenated alkanes) is 1. The summed E-state index contributed by atoms with van der Waals surface area (Å²) < 4.78 is 0.